The van der Waals surface area contributed by atoms with Crippen molar-refractivity contribution in [2.45, 2.75) is 89.1 Å². The molecule has 0 radical (unpaired) electrons. The largest absolute Gasteiger partial charge is 0.490 e. The van der Waals surface area contributed by atoms with Crippen LogP contribution < -0.4 is 14.2 Å². The van der Waals surface area contributed by atoms with Crippen LogP contribution in [0.15, 0.2) is 84.6 Å². The second-order valence-electron chi connectivity index (χ2n) is 16.2. The highest BCUT2D eigenvalue weighted by Crippen LogP contribution is 2.62. The fourth-order valence-electron chi connectivity index (χ4n) is 8.58. The lowest BCUT2D eigenvalue weighted by molar-refractivity contribution is -0.384. The van der Waals surface area contributed by atoms with Gasteiger partial charge in [0.1, 0.15) is 35.5 Å². The third-order valence-electron chi connectivity index (χ3n) is 11.0. The Morgan fingerprint density at radius 2 is 1.68 bits per heavy atom. The Balaban J connectivity index is 1.77. The first-order valence-corrected chi connectivity index (χ1v) is 20.8. The molecule has 15 nitrogen and oxygen atoms in total. The Labute approximate surface area is 352 Å². The fraction of sp³-hybridized carbons (Fsp3) is 0.556. The van der Waals surface area contributed by atoms with E-state index in [4.69, 9.17) is 33.7 Å². The van der Waals surface area contributed by atoms with Gasteiger partial charge in [-0.3, -0.25) is 15.0 Å². The van der Waals surface area contributed by atoms with Crippen LogP contribution in [0.5, 0.6) is 17.2 Å². The maximum atomic E-state index is 14.7. The molecule has 60 heavy (non-hydrogen) atoms. The number of oxime groups is 1. The van der Waals surface area contributed by atoms with Gasteiger partial charge in [-0.2, -0.15) is 0 Å². The number of aliphatic hydroxyl groups excluding tert-OH is 3. The summed E-state index contributed by atoms with van der Waals surface area (Å²) in [7, 11) is 0. The molecule has 6 atom stereocenters. The molecule has 15 heteroatoms. The number of aliphatic hydroxyl groups is 3. The molecule has 2 aromatic carbocycles. The number of hydrogen-bond donors (Lipinski definition) is 3. The third-order valence-corrected chi connectivity index (χ3v) is 11.0. The van der Waals surface area contributed by atoms with Gasteiger partial charge in [-0.15, -0.1) is 6.58 Å². The van der Waals surface area contributed by atoms with Crippen LogP contribution >= 0.6 is 0 Å². The molecule has 1 aliphatic heterocycles. The van der Waals surface area contributed by atoms with Crippen molar-refractivity contribution in [1.82, 2.24) is 4.90 Å². The number of benzene rings is 2. The average Bonchev–Trinajstić information content (AvgIpc) is 3.22. The van der Waals surface area contributed by atoms with Gasteiger partial charge in [0.2, 0.25) is 5.79 Å². The van der Waals surface area contributed by atoms with Gasteiger partial charge in [-0.1, -0.05) is 42.8 Å². The summed E-state index contributed by atoms with van der Waals surface area (Å²) in [5.74, 6) is -1.16. The van der Waals surface area contributed by atoms with E-state index < -0.39 is 34.4 Å². The highest BCUT2D eigenvalue weighted by Gasteiger charge is 2.65. The molecular weight excluding hydrogens is 775 g/mol. The lowest BCUT2D eigenvalue weighted by Gasteiger charge is -2.59. The molecule has 1 fully saturated rings. The smallest absolute Gasteiger partial charge is 0.415 e. The third kappa shape index (κ3) is 11.1. The first kappa shape index (κ1) is 46.3. The second kappa shape index (κ2) is 21.6. The topological polar surface area (TPSA) is 192 Å². The van der Waals surface area contributed by atoms with E-state index in [2.05, 4.69) is 19.2 Å². The van der Waals surface area contributed by atoms with E-state index in [1.165, 1.54) is 29.2 Å². The lowest BCUT2D eigenvalue weighted by atomic mass is 9.55. The van der Waals surface area contributed by atoms with Crippen LogP contribution in [0.3, 0.4) is 0 Å². The van der Waals surface area contributed by atoms with Crippen molar-refractivity contribution in [1.29, 1.82) is 0 Å². The van der Waals surface area contributed by atoms with E-state index in [1.807, 2.05) is 39.0 Å². The van der Waals surface area contributed by atoms with Gasteiger partial charge >= 0.3 is 6.09 Å². The van der Waals surface area contributed by atoms with E-state index in [9.17, 15) is 30.2 Å². The predicted octanol–water partition coefficient (Wildman–Crippen LogP) is 7.10. The van der Waals surface area contributed by atoms with E-state index in [0.29, 0.717) is 36.7 Å². The lowest BCUT2D eigenvalue weighted by Crippen LogP contribution is -2.70. The summed E-state index contributed by atoms with van der Waals surface area (Å²) in [5, 5.41) is 45.5. The number of unbranched alkanes of at least 4 members (excludes halogenated alkanes) is 2. The van der Waals surface area contributed by atoms with Gasteiger partial charge in [0.05, 0.1) is 43.0 Å². The first-order valence-electron chi connectivity index (χ1n) is 20.8. The van der Waals surface area contributed by atoms with Gasteiger partial charge < -0.3 is 43.8 Å². The summed E-state index contributed by atoms with van der Waals surface area (Å²) in [6.45, 7) is 13.8. The number of carbonyl (C=O) groups is 1. The number of nitrogens with zero attached hydrogens (tertiary/aromatic N) is 3. The van der Waals surface area contributed by atoms with Crippen LogP contribution in [0.2, 0.25) is 0 Å². The molecule has 2 aliphatic carbocycles. The predicted molar refractivity (Wildman–Crippen MR) is 225 cm³/mol. The number of fused-ring (bicyclic) bond motifs is 2. The minimum Gasteiger partial charge on any atom is -0.490 e. The molecule has 1 amide bonds. The van der Waals surface area contributed by atoms with Crippen molar-refractivity contribution >= 4 is 17.5 Å². The van der Waals surface area contributed by atoms with Crippen molar-refractivity contribution in [2.24, 2.45) is 22.9 Å². The normalized spacial score (nSPS) is 23.7. The minimum atomic E-state index is -1.57. The quantitative estimate of drug-likeness (QED) is 0.0446. The Bertz CT molecular complexity index is 1830. The number of rotatable bonds is 23. The molecule has 0 spiro atoms. The Morgan fingerprint density at radius 3 is 2.33 bits per heavy atom. The standard InChI is InChI=1S/C45H61N3O12/c1-6-24-56-34-18-19-39-37(29-34)41-35(13-9-11-22-50)31(12-8-10-21-49)28-36-38(46-60-44(3,4)5)30-40(45(59-39,42(36)41)57-25-7-2)47(20-26-55-27-23-51)43(52)58-33-16-14-32(15-17-33)48(53)54/h6-7,14-19,28-29,31,35,40-42,49-51H,1-2,8-13,20-27,30H2,3-5H3/t31-,35+,40-,41+,42+,45+/m0/s1. The number of allylic oxidation sites excluding steroid dienone is 1. The van der Waals surface area contributed by atoms with E-state index in [1.54, 1.807) is 12.2 Å². The zero-order valence-corrected chi connectivity index (χ0v) is 35.0. The zero-order valence-electron chi connectivity index (χ0n) is 35.0. The van der Waals surface area contributed by atoms with Gasteiger partial charge in [0.15, 0.2) is 0 Å². The van der Waals surface area contributed by atoms with Crippen LogP contribution in [0.1, 0.15) is 77.2 Å². The average molecular weight is 836 g/mol. The van der Waals surface area contributed by atoms with Crippen molar-refractivity contribution < 1.29 is 53.6 Å². The van der Waals surface area contributed by atoms with Crippen LogP contribution in [0, 0.1) is 27.9 Å². The molecule has 1 heterocycles. The number of non-ortho nitro benzene ring substituents is 1. The van der Waals surface area contributed by atoms with Crippen LogP contribution in [-0.2, 0) is 14.3 Å². The minimum absolute atomic E-state index is 0.00932. The van der Waals surface area contributed by atoms with E-state index in [0.717, 1.165) is 36.8 Å². The molecule has 0 bridgehead atoms. The second-order valence-corrected chi connectivity index (χ2v) is 16.2. The number of hydrogen-bond acceptors (Lipinski definition) is 13. The SMILES string of the molecule is C=CCOc1ccc2c(c1)[C@H]1[C@H](CCCCO)[C@@H](CCCCO)C=C3C(=NOC(C)(C)C)C[C@H](N(CCOCCO)C(=O)Oc4ccc([N+](=O)[O-])cc4)[C@@](OCC=C)(O2)[C@H]31. The maximum Gasteiger partial charge on any atom is 0.415 e. The summed E-state index contributed by atoms with van der Waals surface area (Å²) in [4.78, 5) is 33.2. The molecule has 5 rings (SSSR count). The molecule has 1 saturated carbocycles. The highest BCUT2D eigenvalue weighted by molar-refractivity contribution is 6.03. The summed E-state index contributed by atoms with van der Waals surface area (Å²) in [6.07, 6.45) is 9.20. The van der Waals surface area contributed by atoms with Crippen molar-refractivity contribution in [3.8, 4) is 17.2 Å². The van der Waals surface area contributed by atoms with Gasteiger partial charge in [-0.05, 0) is 94.2 Å². The molecule has 0 saturated heterocycles. The first-order chi connectivity index (χ1) is 28.9. The van der Waals surface area contributed by atoms with Crippen molar-refractivity contribution in [2.75, 3.05) is 52.8 Å². The van der Waals surface area contributed by atoms with Crippen LogP contribution in [0.25, 0.3) is 0 Å². The van der Waals surface area contributed by atoms with Gasteiger partial charge in [0.25, 0.3) is 5.69 Å². The van der Waals surface area contributed by atoms with E-state index >= 15 is 0 Å². The molecule has 3 aliphatic rings. The number of nitro groups is 1. The number of nitro benzene ring substituents is 1. The Hall–Kier alpha value is -4.80. The van der Waals surface area contributed by atoms with Crippen molar-refractivity contribution in [3.05, 3.63) is 95.1 Å². The van der Waals surface area contributed by atoms with Crippen molar-refractivity contribution in [3.63, 3.8) is 0 Å². The fourth-order valence-corrected chi connectivity index (χ4v) is 8.58. The molecule has 2 aromatic rings. The summed E-state index contributed by atoms with van der Waals surface area (Å²) in [5.41, 5.74) is 1.53. The van der Waals surface area contributed by atoms with Gasteiger partial charge in [-0.25, -0.2) is 4.79 Å². The van der Waals surface area contributed by atoms with Gasteiger partial charge in [0, 0.05) is 49.8 Å². The zero-order chi connectivity index (χ0) is 43.3. The Morgan fingerprint density at radius 1 is 0.983 bits per heavy atom. The molecule has 0 aromatic heterocycles. The summed E-state index contributed by atoms with van der Waals surface area (Å²) >= 11 is 0. The number of amides is 1. The highest BCUT2D eigenvalue weighted by atomic mass is 16.7. The number of ether oxygens (including phenoxy) is 5. The summed E-state index contributed by atoms with van der Waals surface area (Å²) in [6, 6.07) is 9.99. The number of carbonyl (C=O) groups excluding carboxylic acids is 1. The molecule has 328 valence electrons. The molecule has 3 N–H and O–H groups in total. The Kier molecular flexibility index (Phi) is 16.7. The summed E-state index contributed by atoms with van der Waals surface area (Å²) < 4.78 is 32.0. The maximum absolute atomic E-state index is 14.7. The molecular formula is C45H61N3O12. The molecule has 0 unspecified atom stereocenters. The van der Waals surface area contributed by atoms with Crippen LogP contribution in [-0.4, -0.2) is 107 Å². The van der Waals surface area contributed by atoms with E-state index in [-0.39, 0.29) is 81.8 Å². The van der Waals surface area contributed by atoms with Crippen LogP contribution in [0.4, 0.5) is 10.5 Å². The monoisotopic (exact) mass is 835 g/mol.